The second-order valence-electron chi connectivity index (χ2n) is 5.74. The summed E-state index contributed by atoms with van der Waals surface area (Å²) < 4.78 is 13.1. The molecule has 2 atom stereocenters. The molecule has 3 heterocycles. The van der Waals surface area contributed by atoms with Gasteiger partial charge in [-0.2, -0.15) is 0 Å². The van der Waals surface area contributed by atoms with Crippen LogP contribution in [0.2, 0.25) is 0 Å². The zero-order chi connectivity index (χ0) is 16.4. The van der Waals surface area contributed by atoms with Gasteiger partial charge >= 0.3 is 0 Å². The molecule has 0 spiro atoms. The van der Waals surface area contributed by atoms with Crippen molar-refractivity contribution in [3.8, 4) is 5.75 Å². The summed E-state index contributed by atoms with van der Waals surface area (Å²) in [5, 5.41) is 3.12. The van der Waals surface area contributed by atoms with Gasteiger partial charge in [0.05, 0.1) is 25.3 Å². The second kappa shape index (κ2) is 6.72. The molecule has 1 aliphatic heterocycles. The number of rotatable bonds is 4. The SMILES string of the molecule is COc1cc(C)sc1C(=O)N[C@@H]1CCO[C@@H](c2cncn2C)C1. The van der Waals surface area contributed by atoms with Crippen molar-refractivity contribution in [3.05, 3.63) is 34.0 Å². The van der Waals surface area contributed by atoms with Gasteiger partial charge in [-0.15, -0.1) is 11.3 Å². The molecule has 1 fully saturated rings. The Morgan fingerprint density at radius 1 is 1.57 bits per heavy atom. The Morgan fingerprint density at radius 3 is 3.09 bits per heavy atom. The van der Waals surface area contributed by atoms with E-state index in [2.05, 4.69) is 10.3 Å². The molecule has 0 saturated carbocycles. The van der Waals surface area contributed by atoms with Gasteiger partial charge in [0, 0.05) is 24.6 Å². The average Bonchev–Trinajstić information content (AvgIpc) is 3.13. The van der Waals surface area contributed by atoms with E-state index in [4.69, 9.17) is 9.47 Å². The number of hydrogen-bond donors (Lipinski definition) is 1. The molecule has 23 heavy (non-hydrogen) atoms. The van der Waals surface area contributed by atoms with Crippen molar-refractivity contribution in [2.45, 2.75) is 31.9 Å². The number of nitrogens with zero attached hydrogens (tertiary/aromatic N) is 2. The van der Waals surface area contributed by atoms with Gasteiger partial charge in [0.2, 0.25) is 0 Å². The lowest BCUT2D eigenvalue weighted by atomic mass is 10.0. The third kappa shape index (κ3) is 3.40. The standard InChI is InChI=1S/C16H21N3O3S/c1-10-6-14(21-3)15(23-10)16(20)18-11-4-5-22-13(7-11)12-8-17-9-19(12)2/h6,8-9,11,13H,4-5,7H2,1-3H3,(H,18,20)/t11-,13-/m1/s1. The van der Waals surface area contributed by atoms with E-state index in [-0.39, 0.29) is 18.1 Å². The Balaban J connectivity index is 1.68. The fourth-order valence-corrected chi connectivity index (χ4v) is 3.75. The maximum Gasteiger partial charge on any atom is 0.265 e. The highest BCUT2D eigenvalue weighted by molar-refractivity contribution is 7.14. The minimum Gasteiger partial charge on any atom is -0.495 e. The summed E-state index contributed by atoms with van der Waals surface area (Å²) in [6.07, 6.45) is 5.11. The van der Waals surface area contributed by atoms with Gasteiger partial charge in [0.25, 0.3) is 5.91 Å². The number of imidazole rings is 1. The number of carbonyl (C=O) groups excluding carboxylic acids is 1. The predicted molar refractivity (Wildman–Crippen MR) is 88.0 cm³/mol. The Kier molecular flexibility index (Phi) is 4.68. The fraction of sp³-hybridized carbons (Fsp3) is 0.500. The molecule has 0 radical (unpaired) electrons. The molecule has 1 amide bonds. The van der Waals surface area contributed by atoms with Crippen LogP contribution in [0.3, 0.4) is 0 Å². The highest BCUT2D eigenvalue weighted by Gasteiger charge is 2.28. The van der Waals surface area contributed by atoms with Gasteiger partial charge < -0.3 is 19.4 Å². The molecule has 0 aromatic carbocycles. The molecule has 0 aliphatic carbocycles. The van der Waals surface area contributed by atoms with Crippen molar-refractivity contribution in [2.75, 3.05) is 13.7 Å². The van der Waals surface area contributed by atoms with E-state index >= 15 is 0 Å². The van der Waals surface area contributed by atoms with Crippen molar-refractivity contribution >= 4 is 17.2 Å². The summed E-state index contributed by atoms with van der Waals surface area (Å²) in [5.74, 6) is 0.566. The molecule has 0 unspecified atom stereocenters. The number of nitrogens with one attached hydrogen (secondary N) is 1. The van der Waals surface area contributed by atoms with Gasteiger partial charge in [-0.25, -0.2) is 4.98 Å². The smallest absolute Gasteiger partial charge is 0.265 e. The third-order valence-electron chi connectivity index (χ3n) is 4.05. The molecule has 0 bridgehead atoms. The molecule has 1 saturated heterocycles. The molecule has 7 heteroatoms. The van der Waals surface area contributed by atoms with Crippen LogP contribution in [-0.2, 0) is 11.8 Å². The van der Waals surface area contributed by atoms with Gasteiger partial charge in [-0.05, 0) is 25.8 Å². The number of aromatic nitrogens is 2. The third-order valence-corrected chi connectivity index (χ3v) is 5.08. The van der Waals surface area contributed by atoms with Crippen LogP contribution < -0.4 is 10.1 Å². The lowest BCUT2D eigenvalue weighted by Crippen LogP contribution is -2.40. The molecule has 1 aliphatic rings. The first-order valence-corrected chi connectivity index (χ1v) is 8.43. The highest BCUT2D eigenvalue weighted by atomic mass is 32.1. The van der Waals surface area contributed by atoms with E-state index in [1.165, 1.54) is 11.3 Å². The number of ether oxygens (including phenoxy) is 2. The molecule has 3 rings (SSSR count). The van der Waals surface area contributed by atoms with Crippen LogP contribution in [0.4, 0.5) is 0 Å². The Labute approximate surface area is 139 Å². The van der Waals surface area contributed by atoms with Gasteiger partial charge in [-0.3, -0.25) is 4.79 Å². The number of thiophene rings is 1. The fourth-order valence-electron chi connectivity index (χ4n) is 2.86. The Bertz CT molecular complexity index is 695. The monoisotopic (exact) mass is 335 g/mol. The van der Waals surface area contributed by atoms with Gasteiger partial charge in [-0.1, -0.05) is 0 Å². The van der Waals surface area contributed by atoms with Crippen LogP contribution in [0.5, 0.6) is 5.75 Å². The Hall–Kier alpha value is -1.86. The number of hydrogen-bond acceptors (Lipinski definition) is 5. The van der Waals surface area contributed by atoms with E-state index in [1.54, 1.807) is 13.4 Å². The summed E-state index contributed by atoms with van der Waals surface area (Å²) in [6, 6.07) is 1.98. The van der Waals surface area contributed by atoms with Crippen molar-refractivity contribution in [2.24, 2.45) is 7.05 Å². The lowest BCUT2D eigenvalue weighted by molar-refractivity contribution is -0.00299. The first kappa shape index (κ1) is 16.0. The number of carbonyl (C=O) groups is 1. The van der Waals surface area contributed by atoms with E-state index in [0.717, 1.165) is 23.4 Å². The van der Waals surface area contributed by atoms with Crippen LogP contribution in [-0.4, -0.2) is 35.2 Å². The number of aryl methyl sites for hydroxylation is 2. The summed E-state index contributed by atoms with van der Waals surface area (Å²) in [5.41, 5.74) is 1.04. The largest absolute Gasteiger partial charge is 0.495 e. The van der Waals surface area contributed by atoms with Gasteiger partial charge in [0.1, 0.15) is 16.7 Å². The number of methoxy groups -OCH3 is 1. The molecule has 2 aromatic heterocycles. The topological polar surface area (TPSA) is 65.4 Å². The molecule has 124 valence electrons. The first-order chi connectivity index (χ1) is 11.1. The van der Waals surface area contributed by atoms with E-state index in [1.807, 2.05) is 30.8 Å². The predicted octanol–water partition coefficient (Wildman–Crippen LogP) is 2.45. The maximum absolute atomic E-state index is 12.5. The van der Waals surface area contributed by atoms with Crippen LogP contribution in [0.15, 0.2) is 18.6 Å². The summed E-state index contributed by atoms with van der Waals surface area (Å²) >= 11 is 1.45. The van der Waals surface area contributed by atoms with Gasteiger partial charge in [0.15, 0.2) is 0 Å². The first-order valence-electron chi connectivity index (χ1n) is 7.61. The van der Waals surface area contributed by atoms with E-state index in [0.29, 0.717) is 17.2 Å². The highest BCUT2D eigenvalue weighted by Crippen LogP contribution is 2.30. The van der Waals surface area contributed by atoms with Crippen molar-refractivity contribution in [3.63, 3.8) is 0 Å². The zero-order valence-electron chi connectivity index (χ0n) is 13.5. The summed E-state index contributed by atoms with van der Waals surface area (Å²) in [6.45, 7) is 2.60. The maximum atomic E-state index is 12.5. The zero-order valence-corrected chi connectivity index (χ0v) is 14.4. The van der Waals surface area contributed by atoms with Crippen molar-refractivity contribution in [1.29, 1.82) is 0 Å². The summed E-state index contributed by atoms with van der Waals surface area (Å²) in [7, 11) is 3.54. The molecule has 2 aromatic rings. The number of amides is 1. The Morgan fingerprint density at radius 2 is 2.39 bits per heavy atom. The quantitative estimate of drug-likeness (QED) is 0.932. The normalized spacial score (nSPS) is 21.2. The van der Waals surface area contributed by atoms with E-state index < -0.39 is 0 Å². The van der Waals surface area contributed by atoms with Crippen molar-refractivity contribution in [1.82, 2.24) is 14.9 Å². The molecule has 1 N–H and O–H groups in total. The minimum atomic E-state index is -0.0735. The minimum absolute atomic E-state index is 0.0338. The van der Waals surface area contributed by atoms with Crippen LogP contribution in [0, 0.1) is 6.92 Å². The molecular weight excluding hydrogens is 314 g/mol. The second-order valence-corrected chi connectivity index (χ2v) is 6.99. The van der Waals surface area contributed by atoms with Crippen LogP contribution in [0.25, 0.3) is 0 Å². The van der Waals surface area contributed by atoms with Crippen LogP contribution in [0.1, 0.15) is 39.2 Å². The van der Waals surface area contributed by atoms with E-state index in [9.17, 15) is 4.79 Å². The average molecular weight is 335 g/mol. The molecule has 6 nitrogen and oxygen atoms in total. The van der Waals surface area contributed by atoms with Crippen LogP contribution >= 0.6 is 11.3 Å². The molecular formula is C16H21N3O3S. The lowest BCUT2D eigenvalue weighted by Gasteiger charge is -2.30. The summed E-state index contributed by atoms with van der Waals surface area (Å²) in [4.78, 5) is 18.4. The van der Waals surface area contributed by atoms with Crippen molar-refractivity contribution < 1.29 is 14.3 Å².